The fourth-order valence-electron chi connectivity index (χ4n) is 5.64. The van der Waals surface area contributed by atoms with Crippen molar-refractivity contribution in [1.29, 1.82) is 0 Å². The van der Waals surface area contributed by atoms with E-state index in [1.165, 1.54) is 0 Å². The Morgan fingerprint density at radius 3 is 2.45 bits per heavy atom. The lowest BCUT2D eigenvalue weighted by Crippen LogP contribution is -2.49. The molecule has 4 aromatic rings. The fourth-order valence-corrected chi connectivity index (χ4v) is 6.06. The molecule has 10 heteroatoms. The van der Waals surface area contributed by atoms with Gasteiger partial charge in [0.15, 0.2) is 5.65 Å². The monoisotopic (exact) mass is 602 g/mol. The van der Waals surface area contributed by atoms with Crippen LogP contribution in [-0.4, -0.2) is 87.5 Å². The van der Waals surface area contributed by atoms with Crippen molar-refractivity contribution < 1.29 is 4.79 Å². The minimum atomic E-state index is 0.173. The molecule has 2 fully saturated rings. The van der Waals surface area contributed by atoms with Gasteiger partial charge >= 0.3 is 0 Å². The van der Waals surface area contributed by atoms with E-state index >= 15 is 0 Å². The van der Waals surface area contributed by atoms with E-state index in [1.54, 1.807) is 12.4 Å². The molecule has 3 aromatic heterocycles. The summed E-state index contributed by atoms with van der Waals surface area (Å²) >= 11 is 3.70. The van der Waals surface area contributed by atoms with Crippen LogP contribution < -0.4 is 10.2 Å². The zero-order chi connectivity index (χ0) is 27.5. The Balaban J connectivity index is 1.10. The average Bonchev–Trinajstić information content (AvgIpc) is 3.44. The molecule has 2 aliphatic rings. The maximum Gasteiger partial charge on any atom is 0.227 e. The number of carbonyl (C=O) groups is 1. The Bertz CT molecular complexity index is 1440. The first-order valence-electron chi connectivity index (χ1n) is 14.1. The van der Waals surface area contributed by atoms with E-state index in [2.05, 4.69) is 77.2 Å². The van der Waals surface area contributed by atoms with Crippen LogP contribution in [0.2, 0.25) is 0 Å². The van der Waals surface area contributed by atoms with Crippen molar-refractivity contribution in [2.75, 3.05) is 56.0 Å². The number of likely N-dealkylation sites (tertiary alicyclic amines) is 1. The third-order valence-electron chi connectivity index (χ3n) is 8.10. The van der Waals surface area contributed by atoms with Gasteiger partial charge in [-0.2, -0.15) is 0 Å². The zero-order valence-electron chi connectivity index (χ0n) is 22.8. The number of amides is 1. The van der Waals surface area contributed by atoms with Crippen LogP contribution in [-0.2, 0) is 11.2 Å². The molecule has 0 unspecified atom stereocenters. The van der Waals surface area contributed by atoms with Gasteiger partial charge < -0.3 is 25.0 Å². The Morgan fingerprint density at radius 1 is 1.02 bits per heavy atom. The molecule has 0 radical (unpaired) electrons. The molecule has 0 aliphatic carbocycles. The highest BCUT2D eigenvalue weighted by molar-refractivity contribution is 9.10. The number of nitrogens with zero attached hydrogens (tertiary/aromatic N) is 6. The average molecular weight is 604 g/mol. The van der Waals surface area contributed by atoms with E-state index in [0.29, 0.717) is 18.1 Å². The molecule has 2 aliphatic heterocycles. The highest BCUT2D eigenvalue weighted by Gasteiger charge is 2.23. The van der Waals surface area contributed by atoms with E-state index < -0.39 is 0 Å². The number of imidazole rings is 1. The van der Waals surface area contributed by atoms with Crippen molar-refractivity contribution in [2.45, 2.75) is 32.2 Å². The number of hydrogen-bond donors (Lipinski definition) is 2. The summed E-state index contributed by atoms with van der Waals surface area (Å²) in [5.41, 5.74) is 5.86. The number of anilines is 2. The summed E-state index contributed by atoms with van der Waals surface area (Å²) in [6.07, 6.45) is 7.98. The summed E-state index contributed by atoms with van der Waals surface area (Å²) in [4.78, 5) is 36.5. The van der Waals surface area contributed by atoms with Crippen LogP contribution in [0.1, 0.15) is 25.3 Å². The number of nitrogens with one attached hydrogen (secondary N) is 2. The first-order chi connectivity index (χ1) is 19.6. The van der Waals surface area contributed by atoms with Crippen LogP contribution in [0.5, 0.6) is 0 Å². The maximum absolute atomic E-state index is 12.7. The van der Waals surface area contributed by atoms with Crippen molar-refractivity contribution in [3.05, 3.63) is 65.0 Å². The van der Waals surface area contributed by atoms with Gasteiger partial charge in [0.2, 0.25) is 5.91 Å². The number of halogens is 1. The molecule has 0 bridgehead atoms. The number of hydrogen-bond acceptors (Lipinski definition) is 7. The Kier molecular flexibility index (Phi) is 7.97. The van der Waals surface area contributed by atoms with Crippen LogP contribution in [0.25, 0.3) is 22.6 Å². The molecule has 9 nitrogen and oxygen atoms in total. The number of carbonyl (C=O) groups excluding carboxylic acids is 1. The molecule has 0 saturated carbocycles. The molecule has 2 saturated heterocycles. The van der Waals surface area contributed by atoms with E-state index in [1.807, 2.05) is 23.2 Å². The Labute approximate surface area is 243 Å². The van der Waals surface area contributed by atoms with E-state index in [9.17, 15) is 4.79 Å². The molecular weight excluding hydrogens is 568 g/mol. The molecule has 6 rings (SSSR count). The number of fused-ring (bicyclic) bond motifs is 1. The van der Waals surface area contributed by atoms with Gasteiger partial charge in [0, 0.05) is 75.2 Å². The number of rotatable bonds is 7. The van der Waals surface area contributed by atoms with Crippen LogP contribution in [0.4, 0.5) is 11.4 Å². The van der Waals surface area contributed by atoms with Gasteiger partial charge in [0.1, 0.15) is 11.3 Å². The van der Waals surface area contributed by atoms with Gasteiger partial charge in [-0.15, -0.1) is 0 Å². The van der Waals surface area contributed by atoms with Gasteiger partial charge in [0.25, 0.3) is 0 Å². The standard InChI is InChI=1S/C30H35BrN8O/c1-2-37-13-9-23(10-14-37)34-27-25(31)20-33-30-28(27)35-29(36-30)22-3-5-24(6-4-22)38-15-17-39(18-16-38)26(40)19-21-7-11-32-12-8-21/h3-8,11-12,20,23H,2,9-10,13-19H2,1H3,(H2,33,34,35,36). The molecule has 208 valence electrons. The number of H-pyrrole nitrogens is 1. The molecule has 2 N–H and O–H groups in total. The smallest absolute Gasteiger partial charge is 0.227 e. The summed E-state index contributed by atoms with van der Waals surface area (Å²) in [5.74, 6) is 0.981. The summed E-state index contributed by atoms with van der Waals surface area (Å²) in [7, 11) is 0. The lowest BCUT2D eigenvalue weighted by Gasteiger charge is -2.36. The number of benzene rings is 1. The molecule has 0 spiro atoms. The topological polar surface area (TPSA) is 93.3 Å². The second-order valence-corrected chi connectivity index (χ2v) is 11.4. The van der Waals surface area contributed by atoms with Gasteiger partial charge in [0.05, 0.1) is 16.6 Å². The Morgan fingerprint density at radius 2 is 1.75 bits per heavy atom. The van der Waals surface area contributed by atoms with Crippen molar-refractivity contribution in [3.8, 4) is 11.4 Å². The lowest BCUT2D eigenvalue weighted by molar-refractivity contribution is -0.130. The molecular formula is C30H35BrN8O. The second kappa shape index (κ2) is 11.9. The van der Waals surface area contributed by atoms with Gasteiger partial charge in [-0.1, -0.05) is 6.92 Å². The second-order valence-electron chi connectivity index (χ2n) is 10.6. The number of aromatic nitrogens is 4. The van der Waals surface area contributed by atoms with Crippen molar-refractivity contribution in [2.24, 2.45) is 0 Å². The first-order valence-corrected chi connectivity index (χ1v) is 14.9. The van der Waals surface area contributed by atoms with Crippen LogP contribution in [0.3, 0.4) is 0 Å². The van der Waals surface area contributed by atoms with Gasteiger partial charge in [-0.05, 0) is 77.3 Å². The molecule has 1 amide bonds. The molecule has 0 atom stereocenters. The SMILES string of the molecule is CCN1CCC(Nc2c(Br)cnc3nc(-c4ccc(N5CCN(C(=O)Cc6ccncc6)CC5)cc4)[nH]c23)CC1. The minimum absolute atomic E-state index is 0.173. The third-order valence-corrected chi connectivity index (χ3v) is 8.70. The van der Waals surface area contributed by atoms with Crippen LogP contribution in [0.15, 0.2) is 59.5 Å². The largest absolute Gasteiger partial charge is 0.379 e. The molecule has 1 aromatic carbocycles. The number of aromatic amines is 1. The predicted molar refractivity (Wildman–Crippen MR) is 163 cm³/mol. The summed E-state index contributed by atoms with van der Waals surface area (Å²) in [5, 5.41) is 3.76. The Hall–Kier alpha value is -3.50. The summed E-state index contributed by atoms with van der Waals surface area (Å²) in [6, 6.07) is 12.7. The summed E-state index contributed by atoms with van der Waals surface area (Å²) < 4.78 is 0.946. The van der Waals surface area contributed by atoms with Gasteiger partial charge in [-0.25, -0.2) is 9.97 Å². The fraction of sp³-hybridized carbons (Fsp3) is 0.400. The molecule has 5 heterocycles. The van der Waals surface area contributed by atoms with E-state index in [0.717, 1.165) is 97.0 Å². The van der Waals surface area contributed by atoms with Crippen molar-refractivity contribution in [1.82, 2.24) is 29.7 Å². The van der Waals surface area contributed by atoms with Gasteiger partial charge in [-0.3, -0.25) is 9.78 Å². The van der Waals surface area contributed by atoms with Crippen LogP contribution >= 0.6 is 15.9 Å². The number of pyridine rings is 2. The van der Waals surface area contributed by atoms with E-state index in [-0.39, 0.29) is 5.91 Å². The third kappa shape index (κ3) is 5.83. The van der Waals surface area contributed by atoms with Crippen molar-refractivity contribution in [3.63, 3.8) is 0 Å². The number of piperazine rings is 1. The summed E-state index contributed by atoms with van der Waals surface area (Å²) in [6.45, 7) is 8.67. The molecule has 40 heavy (non-hydrogen) atoms. The number of piperidine rings is 1. The highest BCUT2D eigenvalue weighted by atomic mass is 79.9. The quantitative estimate of drug-likeness (QED) is 0.320. The van der Waals surface area contributed by atoms with Crippen molar-refractivity contribution >= 4 is 44.4 Å². The van der Waals surface area contributed by atoms with E-state index in [4.69, 9.17) is 4.98 Å². The first kappa shape index (κ1) is 26.7. The lowest BCUT2D eigenvalue weighted by atomic mass is 10.0. The highest BCUT2D eigenvalue weighted by Crippen LogP contribution is 2.33. The zero-order valence-corrected chi connectivity index (χ0v) is 24.4. The normalized spacial score (nSPS) is 16.9. The maximum atomic E-state index is 12.7. The van der Waals surface area contributed by atoms with Crippen LogP contribution in [0, 0.1) is 0 Å². The predicted octanol–water partition coefficient (Wildman–Crippen LogP) is 4.57. The minimum Gasteiger partial charge on any atom is -0.379 e.